The standard InChI is InChI=1S/C16H22N4OS2/c1-12-7-5-6-10-19(12)11-20-16(22)23-15(18-20)17-13-8-3-4-9-14(13)21-2/h3-4,8-9,12H,5-7,10-11H2,1-2H3,(H,17,18)/p+1/t12-/m1/s1. The van der Waals surface area contributed by atoms with Crippen molar-refractivity contribution in [3.63, 3.8) is 0 Å². The van der Waals surface area contributed by atoms with Gasteiger partial charge in [-0.1, -0.05) is 23.5 Å². The molecule has 1 aliphatic rings. The van der Waals surface area contributed by atoms with Crippen LogP contribution in [0.5, 0.6) is 5.75 Å². The zero-order valence-corrected chi connectivity index (χ0v) is 15.2. The zero-order chi connectivity index (χ0) is 16.2. The number of aromatic nitrogens is 2. The number of para-hydroxylation sites is 2. The van der Waals surface area contributed by atoms with Gasteiger partial charge in [-0.05, 0) is 50.5 Å². The van der Waals surface area contributed by atoms with Gasteiger partial charge in [0.1, 0.15) is 5.75 Å². The minimum Gasteiger partial charge on any atom is -0.495 e. The Morgan fingerprint density at radius 1 is 1.43 bits per heavy atom. The van der Waals surface area contributed by atoms with Crippen LogP contribution in [0.15, 0.2) is 24.3 Å². The summed E-state index contributed by atoms with van der Waals surface area (Å²) in [4.78, 5) is 1.57. The Balaban J connectivity index is 1.74. The monoisotopic (exact) mass is 351 g/mol. The lowest BCUT2D eigenvalue weighted by Gasteiger charge is -2.29. The van der Waals surface area contributed by atoms with Crippen LogP contribution in [0, 0.1) is 3.95 Å². The summed E-state index contributed by atoms with van der Waals surface area (Å²) in [5.74, 6) is 0.801. The van der Waals surface area contributed by atoms with E-state index in [2.05, 4.69) is 17.3 Å². The van der Waals surface area contributed by atoms with Crippen molar-refractivity contribution in [1.82, 2.24) is 9.78 Å². The Kier molecular flexibility index (Phi) is 5.30. The van der Waals surface area contributed by atoms with Crippen molar-refractivity contribution in [3.8, 4) is 5.75 Å². The molecular weight excluding hydrogens is 328 g/mol. The van der Waals surface area contributed by atoms with Crippen molar-refractivity contribution in [2.75, 3.05) is 19.0 Å². The summed E-state index contributed by atoms with van der Waals surface area (Å²) in [5.41, 5.74) is 0.907. The molecule has 0 saturated carbocycles. The zero-order valence-electron chi connectivity index (χ0n) is 13.5. The second-order valence-electron chi connectivity index (χ2n) is 5.96. The van der Waals surface area contributed by atoms with E-state index in [0.29, 0.717) is 6.04 Å². The minimum atomic E-state index is 0.679. The van der Waals surface area contributed by atoms with Gasteiger partial charge in [-0.15, -0.1) is 5.10 Å². The van der Waals surface area contributed by atoms with Crippen molar-refractivity contribution in [1.29, 1.82) is 0 Å². The van der Waals surface area contributed by atoms with Gasteiger partial charge in [-0.3, -0.25) is 0 Å². The van der Waals surface area contributed by atoms with Crippen LogP contribution in [0.25, 0.3) is 0 Å². The molecule has 5 nitrogen and oxygen atoms in total. The number of piperidine rings is 1. The normalized spacial score (nSPS) is 21.1. The highest BCUT2D eigenvalue weighted by Gasteiger charge is 2.22. The van der Waals surface area contributed by atoms with Crippen LogP contribution in [0.3, 0.4) is 0 Å². The van der Waals surface area contributed by atoms with Gasteiger partial charge in [-0.2, -0.15) is 4.68 Å². The smallest absolute Gasteiger partial charge is 0.209 e. The first-order valence-corrected chi connectivity index (χ1v) is 9.22. The van der Waals surface area contributed by atoms with E-state index in [4.69, 9.17) is 17.0 Å². The van der Waals surface area contributed by atoms with Gasteiger partial charge < -0.3 is 15.0 Å². The van der Waals surface area contributed by atoms with Crippen LogP contribution in [-0.2, 0) is 6.67 Å². The number of rotatable bonds is 5. The lowest BCUT2D eigenvalue weighted by atomic mass is 10.0. The van der Waals surface area contributed by atoms with Crippen LogP contribution >= 0.6 is 23.6 Å². The molecule has 1 aliphatic heterocycles. The van der Waals surface area contributed by atoms with Crippen molar-refractivity contribution in [3.05, 3.63) is 28.2 Å². The number of nitrogens with one attached hydrogen (secondary N) is 2. The van der Waals surface area contributed by atoms with E-state index in [-0.39, 0.29) is 0 Å². The number of methoxy groups -OCH3 is 1. The molecule has 1 aromatic heterocycles. The molecule has 0 spiro atoms. The molecule has 0 radical (unpaired) electrons. The molecule has 1 fully saturated rings. The Morgan fingerprint density at radius 2 is 2.26 bits per heavy atom. The lowest BCUT2D eigenvalue weighted by molar-refractivity contribution is -0.950. The predicted octanol–water partition coefficient (Wildman–Crippen LogP) is 2.84. The Bertz CT molecular complexity index is 712. The SMILES string of the molecule is COc1ccccc1Nc1nn(C[NH+]2CCCC[C@H]2C)c(=S)s1. The fourth-order valence-electron chi connectivity index (χ4n) is 3.00. The third kappa shape index (κ3) is 3.91. The summed E-state index contributed by atoms with van der Waals surface area (Å²) in [6.07, 6.45) is 3.93. The summed E-state index contributed by atoms with van der Waals surface area (Å²) in [6.45, 7) is 4.37. The lowest BCUT2D eigenvalue weighted by Crippen LogP contribution is -3.15. The Hall–Kier alpha value is -1.44. The number of nitrogens with zero attached hydrogens (tertiary/aromatic N) is 2. The van der Waals surface area contributed by atoms with Gasteiger partial charge in [0.15, 0.2) is 10.6 Å². The maximum absolute atomic E-state index is 5.49. The van der Waals surface area contributed by atoms with Crippen molar-refractivity contribution in [2.45, 2.75) is 38.9 Å². The van der Waals surface area contributed by atoms with E-state index in [1.807, 2.05) is 28.9 Å². The third-order valence-corrected chi connectivity index (χ3v) is 5.61. The average molecular weight is 352 g/mol. The third-order valence-electron chi connectivity index (χ3n) is 4.39. The average Bonchev–Trinajstić information content (AvgIpc) is 2.89. The second-order valence-corrected chi connectivity index (χ2v) is 7.58. The van der Waals surface area contributed by atoms with Gasteiger partial charge in [0.25, 0.3) is 0 Å². The number of likely N-dealkylation sites (tertiary alicyclic amines) is 1. The van der Waals surface area contributed by atoms with E-state index in [1.165, 1.54) is 37.1 Å². The molecular formula is C16H23N4OS2+. The molecule has 2 N–H and O–H groups in total. The molecule has 1 saturated heterocycles. The number of benzene rings is 1. The molecule has 0 bridgehead atoms. The molecule has 124 valence electrons. The molecule has 0 aliphatic carbocycles. The van der Waals surface area contributed by atoms with Crippen LogP contribution in [0.4, 0.5) is 10.8 Å². The quantitative estimate of drug-likeness (QED) is 0.813. The summed E-state index contributed by atoms with van der Waals surface area (Å²) in [5, 5.41) is 8.78. The molecule has 2 atom stereocenters. The van der Waals surface area contributed by atoms with E-state index < -0.39 is 0 Å². The fraction of sp³-hybridized carbons (Fsp3) is 0.500. The Labute approximate surface area is 145 Å². The molecule has 1 unspecified atom stereocenters. The van der Waals surface area contributed by atoms with Crippen molar-refractivity contribution >= 4 is 34.4 Å². The van der Waals surface area contributed by atoms with Crippen molar-refractivity contribution < 1.29 is 9.64 Å². The highest BCUT2D eigenvalue weighted by molar-refractivity contribution is 7.73. The molecule has 1 aromatic carbocycles. The maximum Gasteiger partial charge on any atom is 0.209 e. The molecule has 2 heterocycles. The van der Waals surface area contributed by atoms with E-state index in [0.717, 1.165) is 27.2 Å². The topological polar surface area (TPSA) is 43.5 Å². The number of hydrogen-bond donors (Lipinski definition) is 2. The van der Waals surface area contributed by atoms with Gasteiger partial charge in [0.2, 0.25) is 5.13 Å². The molecule has 2 aromatic rings. The molecule has 23 heavy (non-hydrogen) atoms. The number of quaternary nitrogens is 1. The van der Waals surface area contributed by atoms with Crippen LogP contribution in [0.1, 0.15) is 26.2 Å². The Morgan fingerprint density at radius 3 is 3.04 bits per heavy atom. The van der Waals surface area contributed by atoms with Gasteiger partial charge >= 0.3 is 0 Å². The predicted molar refractivity (Wildman–Crippen MR) is 96.4 cm³/mol. The summed E-state index contributed by atoms with van der Waals surface area (Å²) >= 11 is 7.00. The van der Waals surface area contributed by atoms with E-state index in [1.54, 1.807) is 12.0 Å². The van der Waals surface area contributed by atoms with Gasteiger partial charge in [-0.25, -0.2) is 0 Å². The van der Waals surface area contributed by atoms with Crippen molar-refractivity contribution in [2.24, 2.45) is 0 Å². The minimum absolute atomic E-state index is 0.679. The van der Waals surface area contributed by atoms with Crippen LogP contribution in [0.2, 0.25) is 0 Å². The maximum atomic E-state index is 5.49. The fourth-order valence-corrected chi connectivity index (χ4v) is 4.02. The first-order chi connectivity index (χ1) is 11.2. The molecule has 0 amide bonds. The second kappa shape index (κ2) is 7.42. The number of ether oxygens (including phenoxy) is 1. The summed E-state index contributed by atoms with van der Waals surface area (Å²) in [7, 11) is 1.67. The molecule has 3 rings (SSSR count). The van der Waals surface area contributed by atoms with Gasteiger partial charge in [0.05, 0.1) is 25.4 Å². The number of hydrogen-bond acceptors (Lipinski definition) is 5. The van der Waals surface area contributed by atoms with E-state index in [9.17, 15) is 0 Å². The first-order valence-electron chi connectivity index (χ1n) is 8.00. The van der Waals surface area contributed by atoms with Crippen LogP contribution in [-0.4, -0.2) is 29.5 Å². The van der Waals surface area contributed by atoms with Gasteiger partial charge in [0, 0.05) is 0 Å². The summed E-state index contributed by atoms with van der Waals surface area (Å²) in [6, 6.07) is 8.51. The van der Waals surface area contributed by atoms with E-state index >= 15 is 0 Å². The first kappa shape index (κ1) is 16.4. The molecule has 7 heteroatoms. The van der Waals surface area contributed by atoms with Crippen LogP contribution < -0.4 is 15.0 Å². The highest BCUT2D eigenvalue weighted by Crippen LogP contribution is 2.28. The number of anilines is 2. The summed E-state index contributed by atoms with van der Waals surface area (Å²) < 4.78 is 8.13. The highest BCUT2D eigenvalue weighted by atomic mass is 32.1. The largest absolute Gasteiger partial charge is 0.495 e.